The van der Waals surface area contributed by atoms with E-state index in [1.54, 1.807) is 7.11 Å². The van der Waals surface area contributed by atoms with Crippen LogP contribution in [0.5, 0.6) is 11.5 Å². The molecular weight excluding hydrogens is 288 g/mol. The monoisotopic (exact) mass is 312 g/mol. The molecule has 0 spiro atoms. The fourth-order valence-corrected chi connectivity index (χ4v) is 2.95. The normalized spacial score (nSPS) is 14.8. The lowest BCUT2D eigenvalue weighted by Crippen LogP contribution is -2.15. The predicted octanol–water partition coefficient (Wildman–Crippen LogP) is 3.70. The van der Waals surface area contributed by atoms with Gasteiger partial charge in [0.05, 0.1) is 18.9 Å². The molecule has 0 bridgehead atoms. The Kier molecular flexibility index (Phi) is 5.48. The second kappa shape index (κ2) is 7.97. The highest BCUT2D eigenvalue weighted by molar-refractivity contribution is 5.43. The van der Waals surface area contributed by atoms with Gasteiger partial charge in [-0.25, -0.2) is 0 Å². The maximum Gasteiger partial charge on any atom is 0.161 e. The van der Waals surface area contributed by atoms with Crippen LogP contribution >= 0.6 is 0 Å². The number of aromatic nitrogens is 1. The van der Waals surface area contributed by atoms with Crippen molar-refractivity contribution in [1.29, 1.82) is 0 Å². The van der Waals surface area contributed by atoms with E-state index in [0.29, 0.717) is 6.10 Å². The molecule has 1 saturated carbocycles. The summed E-state index contributed by atoms with van der Waals surface area (Å²) in [6.45, 7) is 1.53. The summed E-state index contributed by atoms with van der Waals surface area (Å²) in [7, 11) is 1.69. The Balaban J connectivity index is 1.60. The van der Waals surface area contributed by atoms with Gasteiger partial charge in [-0.1, -0.05) is 12.1 Å². The second-order valence-corrected chi connectivity index (χ2v) is 5.93. The van der Waals surface area contributed by atoms with Crippen LogP contribution in [-0.2, 0) is 13.1 Å². The quantitative estimate of drug-likeness (QED) is 0.846. The zero-order valence-corrected chi connectivity index (χ0v) is 13.6. The van der Waals surface area contributed by atoms with Crippen LogP contribution in [0.15, 0.2) is 42.6 Å². The molecule has 1 aromatic carbocycles. The molecule has 0 atom stereocenters. The summed E-state index contributed by atoms with van der Waals surface area (Å²) < 4.78 is 11.6. The maximum atomic E-state index is 6.14. The van der Waals surface area contributed by atoms with Crippen LogP contribution in [0.25, 0.3) is 0 Å². The van der Waals surface area contributed by atoms with Gasteiger partial charge in [0, 0.05) is 19.3 Å². The van der Waals surface area contributed by atoms with Crippen LogP contribution in [0.1, 0.15) is 36.9 Å². The lowest BCUT2D eigenvalue weighted by molar-refractivity contribution is 0.200. The molecule has 0 unspecified atom stereocenters. The number of rotatable bonds is 7. The van der Waals surface area contributed by atoms with Crippen LogP contribution in [0.4, 0.5) is 0 Å². The number of nitrogens with zero attached hydrogens (tertiary/aromatic N) is 1. The van der Waals surface area contributed by atoms with E-state index in [4.69, 9.17) is 9.47 Å². The molecule has 122 valence electrons. The minimum absolute atomic E-state index is 0.334. The van der Waals surface area contributed by atoms with Crippen molar-refractivity contribution in [2.45, 2.75) is 44.9 Å². The third-order valence-electron chi connectivity index (χ3n) is 4.19. The Morgan fingerprint density at radius 2 is 1.96 bits per heavy atom. The largest absolute Gasteiger partial charge is 0.493 e. The molecule has 23 heavy (non-hydrogen) atoms. The van der Waals surface area contributed by atoms with Gasteiger partial charge in [0.2, 0.25) is 0 Å². The summed E-state index contributed by atoms with van der Waals surface area (Å²) >= 11 is 0. The van der Waals surface area contributed by atoms with Crippen molar-refractivity contribution >= 4 is 0 Å². The number of hydrogen-bond donors (Lipinski definition) is 1. The summed E-state index contributed by atoms with van der Waals surface area (Å²) in [5, 5.41) is 3.42. The molecule has 0 aliphatic heterocycles. The van der Waals surface area contributed by atoms with Gasteiger partial charge in [-0.2, -0.15) is 0 Å². The fourth-order valence-electron chi connectivity index (χ4n) is 2.95. The van der Waals surface area contributed by atoms with Gasteiger partial charge in [-0.3, -0.25) is 4.98 Å². The summed E-state index contributed by atoms with van der Waals surface area (Å²) in [4.78, 5) is 4.32. The zero-order valence-electron chi connectivity index (χ0n) is 13.6. The predicted molar refractivity (Wildman–Crippen MR) is 90.7 cm³/mol. The summed E-state index contributed by atoms with van der Waals surface area (Å²) in [6, 6.07) is 12.1. The lowest BCUT2D eigenvalue weighted by Gasteiger charge is -2.17. The summed E-state index contributed by atoms with van der Waals surface area (Å²) in [5.74, 6) is 1.67. The molecule has 0 amide bonds. The molecule has 1 aliphatic rings. The number of pyridine rings is 1. The average Bonchev–Trinajstić information content (AvgIpc) is 3.09. The number of methoxy groups -OCH3 is 1. The summed E-state index contributed by atoms with van der Waals surface area (Å²) in [5.41, 5.74) is 2.23. The molecular formula is C19H24N2O2. The second-order valence-electron chi connectivity index (χ2n) is 5.93. The van der Waals surface area contributed by atoms with Crippen LogP contribution in [0.2, 0.25) is 0 Å². The SMILES string of the molecule is COc1ccc(CNCc2ccccn2)cc1OC1CCCC1. The van der Waals surface area contributed by atoms with Gasteiger partial charge >= 0.3 is 0 Å². The van der Waals surface area contributed by atoms with Gasteiger partial charge in [-0.15, -0.1) is 0 Å². The highest BCUT2D eigenvalue weighted by Gasteiger charge is 2.18. The standard InChI is InChI=1S/C19H24N2O2/c1-22-18-10-9-15(12-19(18)23-17-7-2-3-8-17)13-20-14-16-6-4-5-11-21-16/h4-6,9-12,17,20H,2-3,7-8,13-14H2,1H3. The van der Waals surface area contributed by atoms with Crippen molar-refractivity contribution in [3.63, 3.8) is 0 Å². The lowest BCUT2D eigenvalue weighted by atomic mass is 10.2. The van der Waals surface area contributed by atoms with E-state index in [-0.39, 0.29) is 0 Å². The van der Waals surface area contributed by atoms with E-state index in [2.05, 4.69) is 22.4 Å². The van der Waals surface area contributed by atoms with Crippen molar-refractivity contribution in [2.75, 3.05) is 7.11 Å². The Bertz CT molecular complexity index is 610. The van der Waals surface area contributed by atoms with Gasteiger partial charge in [0.15, 0.2) is 11.5 Å². The number of benzene rings is 1. The molecule has 1 aromatic heterocycles. The van der Waals surface area contributed by atoms with E-state index < -0.39 is 0 Å². The van der Waals surface area contributed by atoms with Crippen molar-refractivity contribution in [3.05, 3.63) is 53.9 Å². The van der Waals surface area contributed by atoms with Crippen LogP contribution in [0, 0.1) is 0 Å². The highest BCUT2D eigenvalue weighted by atomic mass is 16.5. The van der Waals surface area contributed by atoms with Crippen molar-refractivity contribution in [1.82, 2.24) is 10.3 Å². The number of ether oxygens (including phenoxy) is 2. The van der Waals surface area contributed by atoms with Gasteiger partial charge in [0.25, 0.3) is 0 Å². The molecule has 1 fully saturated rings. The van der Waals surface area contributed by atoms with Crippen LogP contribution < -0.4 is 14.8 Å². The fraction of sp³-hybridized carbons (Fsp3) is 0.421. The Morgan fingerprint density at radius 3 is 2.70 bits per heavy atom. The third-order valence-corrected chi connectivity index (χ3v) is 4.19. The molecule has 0 radical (unpaired) electrons. The Hall–Kier alpha value is -2.07. The van der Waals surface area contributed by atoms with E-state index >= 15 is 0 Å². The van der Waals surface area contributed by atoms with Crippen molar-refractivity contribution in [2.24, 2.45) is 0 Å². The molecule has 1 N–H and O–H groups in total. The molecule has 1 aliphatic carbocycles. The topological polar surface area (TPSA) is 43.4 Å². The van der Waals surface area contributed by atoms with Gasteiger partial charge < -0.3 is 14.8 Å². The first kappa shape index (κ1) is 15.8. The first-order valence-electron chi connectivity index (χ1n) is 8.29. The first-order chi connectivity index (χ1) is 11.3. The van der Waals surface area contributed by atoms with Crippen LogP contribution in [0.3, 0.4) is 0 Å². The molecule has 1 heterocycles. The average molecular weight is 312 g/mol. The Labute approximate surface area is 137 Å². The molecule has 4 nitrogen and oxygen atoms in total. The minimum atomic E-state index is 0.334. The van der Waals surface area contributed by atoms with E-state index in [1.807, 2.05) is 30.5 Å². The van der Waals surface area contributed by atoms with Crippen molar-refractivity contribution in [3.8, 4) is 11.5 Å². The Morgan fingerprint density at radius 1 is 1.09 bits per heavy atom. The maximum absolute atomic E-state index is 6.14. The number of hydrogen-bond acceptors (Lipinski definition) is 4. The number of nitrogens with one attached hydrogen (secondary N) is 1. The van der Waals surface area contributed by atoms with Gasteiger partial charge in [-0.05, 0) is 55.5 Å². The third kappa shape index (κ3) is 4.45. The van der Waals surface area contributed by atoms with E-state index in [0.717, 1.165) is 43.1 Å². The molecule has 4 heteroatoms. The zero-order chi connectivity index (χ0) is 15.9. The minimum Gasteiger partial charge on any atom is -0.493 e. The molecule has 3 rings (SSSR count). The first-order valence-corrected chi connectivity index (χ1v) is 8.29. The molecule has 2 aromatic rings. The van der Waals surface area contributed by atoms with E-state index in [9.17, 15) is 0 Å². The summed E-state index contributed by atoms with van der Waals surface area (Å²) in [6.07, 6.45) is 6.96. The van der Waals surface area contributed by atoms with E-state index in [1.165, 1.54) is 18.4 Å². The highest BCUT2D eigenvalue weighted by Crippen LogP contribution is 2.32. The van der Waals surface area contributed by atoms with Crippen molar-refractivity contribution < 1.29 is 9.47 Å². The molecule has 0 saturated heterocycles. The van der Waals surface area contributed by atoms with Crippen LogP contribution in [-0.4, -0.2) is 18.2 Å². The van der Waals surface area contributed by atoms with Gasteiger partial charge in [0.1, 0.15) is 0 Å². The smallest absolute Gasteiger partial charge is 0.161 e.